The Hall–Kier alpha value is -2.33. The van der Waals surface area contributed by atoms with Gasteiger partial charge in [0, 0.05) is 18.4 Å². The fraction of sp³-hybridized carbons (Fsp3) is 0.286. The Morgan fingerprint density at radius 3 is 2.83 bits per heavy atom. The summed E-state index contributed by atoms with van der Waals surface area (Å²) in [5, 5.41) is 11.8. The average Bonchev–Trinajstić information content (AvgIpc) is 3.14. The van der Waals surface area contributed by atoms with Crippen molar-refractivity contribution < 1.29 is 13.2 Å². The fourth-order valence-electron chi connectivity index (χ4n) is 2.38. The van der Waals surface area contributed by atoms with Crippen molar-refractivity contribution in [2.75, 3.05) is 11.6 Å². The first kappa shape index (κ1) is 15.2. The number of nitrogens with zero attached hydrogens (tertiary/aromatic N) is 4. The summed E-state index contributed by atoms with van der Waals surface area (Å²) in [7, 11) is -3.57. The molecule has 1 amide bonds. The molecule has 0 bridgehead atoms. The topological polar surface area (TPSA) is 106 Å². The van der Waals surface area contributed by atoms with E-state index < -0.39 is 15.7 Å². The minimum atomic E-state index is -3.57. The highest BCUT2D eigenvalue weighted by molar-refractivity contribution is 7.90. The van der Waals surface area contributed by atoms with Gasteiger partial charge in [0.2, 0.25) is 20.1 Å². The molecule has 1 aliphatic carbocycles. The number of hydrogen-bond donors (Lipinski definition) is 1. The Kier molecular flexibility index (Phi) is 3.39. The van der Waals surface area contributed by atoms with Crippen molar-refractivity contribution in [2.45, 2.75) is 23.9 Å². The third kappa shape index (κ3) is 2.67. The predicted octanol–water partition coefficient (Wildman–Crippen LogP) is 1.72. The van der Waals surface area contributed by atoms with Crippen LogP contribution in [0.2, 0.25) is 0 Å². The van der Waals surface area contributed by atoms with Gasteiger partial charge in [-0.3, -0.25) is 14.5 Å². The lowest BCUT2D eigenvalue weighted by Gasteiger charge is -1.98. The monoisotopic (exact) mass is 363 g/mol. The van der Waals surface area contributed by atoms with Gasteiger partial charge in [-0.1, -0.05) is 17.4 Å². The second kappa shape index (κ2) is 5.35. The number of aromatic nitrogens is 4. The smallest absolute Gasteiger partial charge is 0.278 e. The van der Waals surface area contributed by atoms with Crippen LogP contribution in [-0.2, 0) is 9.84 Å². The van der Waals surface area contributed by atoms with E-state index in [9.17, 15) is 13.2 Å². The molecule has 0 radical (unpaired) electrons. The van der Waals surface area contributed by atoms with Gasteiger partial charge < -0.3 is 0 Å². The van der Waals surface area contributed by atoms with Crippen LogP contribution in [0.4, 0.5) is 5.13 Å². The van der Waals surface area contributed by atoms with Crippen LogP contribution in [0.3, 0.4) is 0 Å². The second-order valence-corrected chi connectivity index (χ2v) is 8.56. The maximum Gasteiger partial charge on any atom is 0.278 e. The average molecular weight is 363 g/mol. The molecule has 0 saturated heterocycles. The fourth-order valence-corrected chi connectivity index (χ4v) is 4.06. The van der Waals surface area contributed by atoms with E-state index in [2.05, 4.69) is 20.5 Å². The number of anilines is 1. The number of carbonyl (C=O) groups excluding carboxylic acids is 1. The molecule has 10 heteroatoms. The number of pyridine rings is 1. The lowest BCUT2D eigenvalue weighted by atomic mass is 10.3. The Morgan fingerprint density at radius 1 is 1.33 bits per heavy atom. The molecule has 3 aromatic rings. The standard InChI is InChI=1S/C14H13N5O3S2/c1-24(21,22)14-15-10(9-4-2-3-7-19(9)14)11(20)16-13-18-17-12(23-13)8-5-6-8/h2-4,7-8H,5-6H2,1H3,(H,16,18,20). The van der Waals surface area contributed by atoms with Crippen LogP contribution in [-0.4, -0.2) is 40.2 Å². The van der Waals surface area contributed by atoms with E-state index in [4.69, 9.17) is 0 Å². The van der Waals surface area contributed by atoms with E-state index in [1.807, 2.05) is 0 Å². The number of sulfone groups is 1. The van der Waals surface area contributed by atoms with Gasteiger partial charge in [0.25, 0.3) is 5.91 Å². The third-order valence-electron chi connectivity index (χ3n) is 3.65. The molecular formula is C14H13N5O3S2. The Balaban J connectivity index is 1.71. The van der Waals surface area contributed by atoms with Crippen molar-refractivity contribution in [1.82, 2.24) is 19.6 Å². The second-order valence-electron chi connectivity index (χ2n) is 5.64. The van der Waals surface area contributed by atoms with Crippen molar-refractivity contribution in [2.24, 2.45) is 0 Å². The molecular weight excluding hydrogens is 350 g/mol. The number of fused-ring (bicyclic) bond motifs is 1. The molecule has 0 aromatic carbocycles. The van der Waals surface area contributed by atoms with Gasteiger partial charge in [0.05, 0.1) is 5.52 Å². The lowest BCUT2D eigenvalue weighted by molar-refractivity contribution is 0.102. The zero-order valence-corrected chi connectivity index (χ0v) is 14.3. The van der Waals surface area contributed by atoms with Crippen molar-refractivity contribution in [3.63, 3.8) is 0 Å². The number of amides is 1. The molecule has 0 aliphatic heterocycles. The van der Waals surface area contributed by atoms with Gasteiger partial charge in [-0.15, -0.1) is 10.2 Å². The largest absolute Gasteiger partial charge is 0.295 e. The van der Waals surface area contributed by atoms with E-state index in [0.29, 0.717) is 16.6 Å². The van der Waals surface area contributed by atoms with Gasteiger partial charge in [0.15, 0.2) is 5.69 Å². The summed E-state index contributed by atoms with van der Waals surface area (Å²) in [4.78, 5) is 16.6. The van der Waals surface area contributed by atoms with Crippen LogP contribution in [0.5, 0.6) is 0 Å². The van der Waals surface area contributed by atoms with Crippen LogP contribution in [0.1, 0.15) is 34.3 Å². The van der Waals surface area contributed by atoms with Gasteiger partial charge in [-0.25, -0.2) is 13.4 Å². The van der Waals surface area contributed by atoms with Crippen LogP contribution in [0.25, 0.3) is 5.52 Å². The summed E-state index contributed by atoms with van der Waals surface area (Å²) in [6.45, 7) is 0. The minimum absolute atomic E-state index is 0.0409. The van der Waals surface area contributed by atoms with E-state index in [1.165, 1.54) is 15.7 Å². The molecule has 0 unspecified atom stereocenters. The van der Waals surface area contributed by atoms with E-state index in [-0.39, 0.29) is 10.9 Å². The Bertz CT molecular complexity index is 1050. The highest BCUT2D eigenvalue weighted by Gasteiger charge is 2.28. The number of imidazole rings is 1. The minimum Gasteiger partial charge on any atom is -0.295 e. The van der Waals surface area contributed by atoms with Gasteiger partial charge >= 0.3 is 0 Å². The molecule has 8 nitrogen and oxygen atoms in total. The van der Waals surface area contributed by atoms with Crippen LogP contribution in [0.15, 0.2) is 29.6 Å². The molecule has 3 aromatic heterocycles. The molecule has 1 N–H and O–H groups in total. The zero-order chi connectivity index (χ0) is 16.9. The highest BCUT2D eigenvalue weighted by atomic mass is 32.2. The first-order chi connectivity index (χ1) is 11.4. The summed E-state index contributed by atoms with van der Waals surface area (Å²) in [6, 6.07) is 5.04. The van der Waals surface area contributed by atoms with E-state index in [0.717, 1.165) is 24.1 Å². The van der Waals surface area contributed by atoms with Gasteiger partial charge in [-0.2, -0.15) is 0 Å². The molecule has 1 fully saturated rings. The first-order valence-electron chi connectivity index (χ1n) is 7.25. The molecule has 0 atom stereocenters. The summed E-state index contributed by atoms with van der Waals surface area (Å²) in [5.41, 5.74) is 0.460. The van der Waals surface area contributed by atoms with Crippen LogP contribution >= 0.6 is 11.3 Å². The molecule has 1 aliphatic rings. The summed E-state index contributed by atoms with van der Waals surface area (Å²) in [6.07, 6.45) is 4.83. The molecule has 24 heavy (non-hydrogen) atoms. The normalized spacial score (nSPS) is 14.9. The summed E-state index contributed by atoms with van der Waals surface area (Å²) < 4.78 is 25.2. The third-order valence-corrected chi connectivity index (χ3v) is 5.60. The zero-order valence-electron chi connectivity index (χ0n) is 12.6. The quantitative estimate of drug-likeness (QED) is 0.756. The Morgan fingerprint density at radius 2 is 2.12 bits per heavy atom. The maximum absolute atomic E-state index is 12.5. The summed E-state index contributed by atoms with van der Waals surface area (Å²) >= 11 is 1.34. The number of hydrogen-bond acceptors (Lipinski definition) is 7. The van der Waals surface area contributed by atoms with E-state index in [1.54, 1.807) is 24.4 Å². The summed E-state index contributed by atoms with van der Waals surface area (Å²) in [5.74, 6) is -0.0504. The van der Waals surface area contributed by atoms with E-state index >= 15 is 0 Å². The molecule has 3 heterocycles. The maximum atomic E-state index is 12.5. The van der Waals surface area contributed by atoms with Crippen molar-refractivity contribution >= 4 is 37.7 Å². The van der Waals surface area contributed by atoms with Crippen molar-refractivity contribution in [3.8, 4) is 0 Å². The number of rotatable bonds is 4. The number of nitrogens with one attached hydrogen (secondary N) is 1. The lowest BCUT2D eigenvalue weighted by Crippen LogP contribution is -2.13. The van der Waals surface area contributed by atoms with Gasteiger partial charge in [-0.05, 0) is 25.0 Å². The van der Waals surface area contributed by atoms with Crippen LogP contribution in [0, 0.1) is 0 Å². The van der Waals surface area contributed by atoms with Crippen LogP contribution < -0.4 is 5.32 Å². The SMILES string of the molecule is CS(=O)(=O)c1nc(C(=O)Nc2nnc(C3CC3)s2)c2ccccn12. The Labute approximate surface area is 141 Å². The highest BCUT2D eigenvalue weighted by Crippen LogP contribution is 2.42. The molecule has 4 rings (SSSR count). The van der Waals surface area contributed by atoms with Gasteiger partial charge in [0.1, 0.15) is 5.01 Å². The molecule has 1 saturated carbocycles. The number of carbonyl (C=O) groups is 1. The molecule has 124 valence electrons. The predicted molar refractivity (Wildman–Crippen MR) is 88.1 cm³/mol. The van der Waals surface area contributed by atoms with Crippen molar-refractivity contribution in [3.05, 3.63) is 35.1 Å². The molecule has 0 spiro atoms. The first-order valence-corrected chi connectivity index (χ1v) is 9.96. The van der Waals surface area contributed by atoms with Crippen molar-refractivity contribution in [1.29, 1.82) is 0 Å².